The van der Waals surface area contributed by atoms with Crippen LogP contribution in [0.3, 0.4) is 0 Å². The number of nitrogens with one attached hydrogen (secondary N) is 1. The van der Waals surface area contributed by atoms with Gasteiger partial charge >= 0.3 is 0 Å². The second-order valence-corrected chi connectivity index (χ2v) is 5.69. The highest BCUT2D eigenvalue weighted by Crippen LogP contribution is 2.23. The van der Waals surface area contributed by atoms with Gasteiger partial charge in [-0.25, -0.2) is 0 Å². The minimum Gasteiger partial charge on any atom is -0.465 e. The van der Waals surface area contributed by atoms with Crippen molar-refractivity contribution in [2.24, 2.45) is 0 Å². The van der Waals surface area contributed by atoms with Crippen molar-refractivity contribution in [3.63, 3.8) is 0 Å². The van der Waals surface area contributed by atoms with Gasteiger partial charge in [-0.1, -0.05) is 32.9 Å². The third-order valence-corrected chi connectivity index (χ3v) is 3.01. The molecular formula is C16H21NO. The third kappa shape index (κ3) is 3.16. The van der Waals surface area contributed by atoms with Crippen LogP contribution in [0.1, 0.15) is 37.9 Å². The van der Waals surface area contributed by atoms with E-state index in [0.717, 1.165) is 23.8 Å². The molecule has 0 spiro atoms. The van der Waals surface area contributed by atoms with Crippen LogP contribution < -0.4 is 5.32 Å². The normalized spacial score (nSPS) is 11.6. The van der Waals surface area contributed by atoms with Gasteiger partial charge in [0.2, 0.25) is 0 Å². The van der Waals surface area contributed by atoms with Crippen LogP contribution in [0.15, 0.2) is 40.8 Å². The maximum absolute atomic E-state index is 5.52. The molecule has 2 heteroatoms. The molecule has 0 aliphatic carbocycles. The van der Waals surface area contributed by atoms with Gasteiger partial charge in [0.25, 0.3) is 0 Å². The fourth-order valence-electron chi connectivity index (χ4n) is 1.86. The Morgan fingerprint density at radius 1 is 1.00 bits per heavy atom. The SMILES string of the molecule is Cc1ccc(CNc2ccc(C(C)(C)C)cc2)o1. The van der Waals surface area contributed by atoms with E-state index in [1.54, 1.807) is 0 Å². The standard InChI is InChI=1S/C16H21NO/c1-12-5-10-15(18-12)11-17-14-8-6-13(7-9-14)16(2,3)4/h5-10,17H,11H2,1-4H3. The molecule has 0 unspecified atom stereocenters. The molecule has 0 amide bonds. The summed E-state index contributed by atoms with van der Waals surface area (Å²) in [5.74, 6) is 1.92. The molecule has 0 radical (unpaired) electrons. The van der Waals surface area contributed by atoms with Gasteiger partial charge in [-0.15, -0.1) is 0 Å². The van der Waals surface area contributed by atoms with E-state index >= 15 is 0 Å². The average molecular weight is 243 g/mol. The van der Waals surface area contributed by atoms with Crippen molar-refractivity contribution in [2.75, 3.05) is 5.32 Å². The minimum absolute atomic E-state index is 0.205. The summed E-state index contributed by atoms with van der Waals surface area (Å²) in [5.41, 5.74) is 2.68. The highest BCUT2D eigenvalue weighted by Gasteiger charge is 2.12. The number of hydrogen-bond acceptors (Lipinski definition) is 2. The highest BCUT2D eigenvalue weighted by atomic mass is 16.3. The van der Waals surface area contributed by atoms with Crippen molar-refractivity contribution in [1.82, 2.24) is 0 Å². The Kier molecular flexibility index (Phi) is 3.46. The van der Waals surface area contributed by atoms with Crippen LogP contribution in [-0.2, 0) is 12.0 Å². The zero-order valence-electron chi connectivity index (χ0n) is 11.6. The molecule has 1 heterocycles. The van der Waals surface area contributed by atoms with Gasteiger partial charge in [0, 0.05) is 5.69 Å². The molecule has 0 saturated carbocycles. The Bertz CT molecular complexity index is 503. The molecule has 2 rings (SSSR count). The molecule has 1 aromatic carbocycles. The summed E-state index contributed by atoms with van der Waals surface area (Å²) in [6.45, 7) is 9.35. The molecule has 2 nitrogen and oxygen atoms in total. The van der Waals surface area contributed by atoms with Crippen LogP contribution in [0.25, 0.3) is 0 Å². The first-order valence-corrected chi connectivity index (χ1v) is 6.35. The van der Waals surface area contributed by atoms with E-state index in [9.17, 15) is 0 Å². The number of hydrogen-bond donors (Lipinski definition) is 1. The van der Waals surface area contributed by atoms with Crippen LogP contribution in [-0.4, -0.2) is 0 Å². The molecule has 2 aromatic rings. The largest absolute Gasteiger partial charge is 0.465 e. The number of rotatable bonds is 3. The lowest BCUT2D eigenvalue weighted by atomic mass is 9.87. The van der Waals surface area contributed by atoms with Crippen molar-refractivity contribution < 1.29 is 4.42 Å². The molecule has 0 atom stereocenters. The maximum atomic E-state index is 5.52. The zero-order valence-corrected chi connectivity index (χ0v) is 11.6. The summed E-state index contributed by atoms with van der Waals surface area (Å²) in [6.07, 6.45) is 0. The van der Waals surface area contributed by atoms with E-state index in [1.807, 2.05) is 19.1 Å². The van der Waals surface area contributed by atoms with Crippen molar-refractivity contribution in [3.05, 3.63) is 53.5 Å². The van der Waals surface area contributed by atoms with Gasteiger partial charge in [0.15, 0.2) is 0 Å². The van der Waals surface area contributed by atoms with Crippen molar-refractivity contribution in [1.29, 1.82) is 0 Å². The summed E-state index contributed by atoms with van der Waals surface area (Å²) in [6, 6.07) is 12.6. The predicted molar refractivity (Wildman–Crippen MR) is 75.9 cm³/mol. The molecule has 96 valence electrons. The lowest BCUT2D eigenvalue weighted by Crippen LogP contribution is -2.10. The molecule has 1 aromatic heterocycles. The average Bonchev–Trinajstić information content (AvgIpc) is 2.72. The monoisotopic (exact) mass is 243 g/mol. The number of furan rings is 1. The van der Waals surface area contributed by atoms with Gasteiger partial charge in [-0.05, 0) is 42.2 Å². The molecule has 0 fully saturated rings. The van der Waals surface area contributed by atoms with Gasteiger partial charge in [-0.2, -0.15) is 0 Å². The fourth-order valence-corrected chi connectivity index (χ4v) is 1.86. The molecule has 0 bridgehead atoms. The van der Waals surface area contributed by atoms with Gasteiger partial charge in [-0.3, -0.25) is 0 Å². The number of aryl methyl sites for hydroxylation is 1. The van der Waals surface area contributed by atoms with Gasteiger partial charge in [0.1, 0.15) is 11.5 Å². The van der Waals surface area contributed by atoms with E-state index in [1.165, 1.54) is 5.56 Å². The Hall–Kier alpha value is -1.70. The first-order chi connectivity index (χ1) is 8.45. The third-order valence-electron chi connectivity index (χ3n) is 3.01. The lowest BCUT2D eigenvalue weighted by Gasteiger charge is -2.19. The van der Waals surface area contributed by atoms with Crippen LogP contribution >= 0.6 is 0 Å². The lowest BCUT2D eigenvalue weighted by molar-refractivity contribution is 0.490. The molecule has 0 saturated heterocycles. The van der Waals surface area contributed by atoms with Crippen LogP contribution in [0.4, 0.5) is 5.69 Å². The minimum atomic E-state index is 0.205. The second kappa shape index (κ2) is 4.89. The summed E-state index contributed by atoms with van der Waals surface area (Å²) in [5, 5.41) is 3.36. The number of anilines is 1. The van der Waals surface area contributed by atoms with Crippen LogP contribution in [0, 0.1) is 6.92 Å². The molecule has 18 heavy (non-hydrogen) atoms. The van der Waals surface area contributed by atoms with Gasteiger partial charge in [0.05, 0.1) is 6.54 Å². The molecule has 1 N–H and O–H groups in total. The molecular weight excluding hydrogens is 222 g/mol. The fraction of sp³-hybridized carbons (Fsp3) is 0.375. The summed E-state index contributed by atoms with van der Waals surface area (Å²) < 4.78 is 5.52. The maximum Gasteiger partial charge on any atom is 0.123 e. The topological polar surface area (TPSA) is 25.2 Å². The Balaban J connectivity index is 1.98. The Morgan fingerprint density at radius 3 is 2.17 bits per heavy atom. The van der Waals surface area contributed by atoms with Crippen molar-refractivity contribution in [2.45, 2.75) is 39.7 Å². The molecule has 0 aliphatic rings. The zero-order chi connectivity index (χ0) is 13.2. The summed E-state index contributed by atoms with van der Waals surface area (Å²) >= 11 is 0. The van der Waals surface area contributed by atoms with Crippen LogP contribution in [0.5, 0.6) is 0 Å². The van der Waals surface area contributed by atoms with E-state index in [2.05, 4.69) is 50.4 Å². The van der Waals surface area contributed by atoms with E-state index < -0.39 is 0 Å². The van der Waals surface area contributed by atoms with Crippen molar-refractivity contribution >= 4 is 5.69 Å². The Labute approximate surface area is 109 Å². The Morgan fingerprint density at radius 2 is 1.67 bits per heavy atom. The highest BCUT2D eigenvalue weighted by molar-refractivity contribution is 5.45. The number of benzene rings is 1. The summed E-state index contributed by atoms with van der Waals surface area (Å²) in [7, 11) is 0. The van der Waals surface area contributed by atoms with E-state index in [-0.39, 0.29) is 5.41 Å². The molecule has 0 aliphatic heterocycles. The predicted octanol–water partition coefficient (Wildman–Crippen LogP) is 4.50. The summed E-state index contributed by atoms with van der Waals surface area (Å²) in [4.78, 5) is 0. The van der Waals surface area contributed by atoms with E-state index in [0.29, 0.717) is 0 Å². The first kappa shape index (κ1) is 12.7. The first-order valence-electron chi connectivity index (χ1n) is 6.35. The van der Waals surface area contributed by atoms with Crippen molar-refractivity contribution in [3.8, 4) is 0 Å². The quantitative estimate of drug-likeness (QED) is 0.858. The van der Waals surface area contributed by atoms with Gasteiger partial charge < -0.3 is 9.73 Å². The second-order valence-electron chi connectivity index (χ2n) is 5.69. The van der Waals surface area contributed by atoms with E-state index in [4.69, 9.17) is 4.42 Å². The van der Waals surface area contributed by atoms with Crippen LogP contribution in [0.2, 0.25) is 0 Å². The smallest absolute Gasteiger partial charge is 0.123 e.